The Morgan fingerprint density at radius 3 is 2.53 bits per heavy atom. The van der Waals surface area contributed by atoms with Gasteiger partial charge in [0, 0.05) is 17.3 Å². The maximum absolute atomic E-state index is 13.2. The van der Waals surface area contributed by atoms with Gasteiger partial charge in [0.05, 0.1) is 11.5 Å². The van der Waals surface area contributed by atoms with E-state index in [-0.39, 0.29) is 19.0 Å². The number of ketones is 1. The Bertz CT molecular complexity index is 927. The molecule has 1 heterocycles. The molecule has 0 saturated carbocycles. The number of aliphatic hydroxyl groups excluding tert-OH is 2. The molecule has 32 heavy (non-hydrogen) atoms. The maximum atomic E-state index is 13.2. The molecule has 0 amide bonds. The highest BCUT2D eigenvalue weighted by Gasteiger charge is 2.28. The zero-order valence-corrected chi connectivity index (χ0v) is 20.8. The zero-order valence-electron chi connectivity index (χ0n) is 20.0. The van der Waals surface area contributed by atoms with Gasteiger partial charge in [0.25, 0.3) is 0 Å². The quantitative estimate of drug-likeness (QED) is 0.528. The predicted molar refractivity (Wildman–Crippen MR) is 130 cm³/mol. The molecular formula is C26H37NO4S. The fourth-order valence-electron chi connectivity index (χ4n) is 4.67. The Morgan fingerprint density at radius 2 is 1.94 bits per heavy atom. The number of likely N-dealkylation sites (N-methyl/N-ethyl adjacent to an activating group) is 1. The van der Waals surface area contributed by atoms with E-state index in [1.807, 2.05) is 13.8 Å². The van der Waals surface area contributed by atoms with Crippen LogP contribution < -0.4 is 4.74 Å². The van der Waals surface area contributed by atoms with Crippen LogP contribution in [-0.2, 0) is 25.7 Å². The molecule has 0 fully saturated rings. The van der Waals surface area contributed by atoms with Crippen LogP contribution in [0.25, 0.3) is 0 Å². The van der Waals surface area contributed by atoms with Gasteiger partial charge in [0.1, 0.15) is 18.5 Å². The van der Waals surface area contributed by atoms with Gasteiger partial charge >= 0.3 is 0 Å². The number of carbonyl (C=O) groups is 1. The van der Waals surface area contributed by atoms with E-state index in [1.54, 1.807) is 11.3 Å². The summed E-state index contributed by atoms with van der Waals surface area (Å²) in [5.41, 5.74) is 5.83. The second-order valence-corrected chi connectivity index (χ2v) is 10.3. The number of hydrogen-bond acceptors (Lipinski definition) is 6. The lowest BCUT2D eigenvalue weighted by Crippen LogP contribution is -2.33. The number of Topliss-reactive ketones (excluding diaryl/α,β-unsaturated/α-hetero) is 1. The van der Waals surface area contributed by atoms with Crippen molar-refractivity contribution < 1.29 is 19.7 Å². The van der Waals surface area contributed by atoms with Crippen molar-refractivity contribution in [3.05, 3.63) is 49.7 Å². The lowest BCUT2D eigenvalue weighted by atomic mass is 9.86. The number of rotatable bonds is 10. The van der Waals surface area contributed by atoms with Gasteiger partial charge in [-0.3, -0.25) is 4.79 Å². The number of ether oxygens (including phenoxy) is 1. The minimum Gasteiger partial charge on any atom is -0.490 e. The van der Waals surface area contributed by atoms with Crippen molar-refractivity contribution in [2.75, 3.05) is 27.3 Å². The third kappa shape index (κ3) is 5.60. The number of carbonyl (C=O) groups excluding carboxylic acids is 1. The van der Waals surface area contributed by atoms with Gasteiger partial charge in [0.2, 0.25) is 0 Å². The highest BCUT2D eigenvalue weighted by molar-refractivity contribution is 7.14. The first kappa shape index (κ1) is 24.9. The van der Waals surface area contributed by atoms with E-state index in [2.05, 4.69) is 38.1 Å². The molecule has 1 aromatic heterocycles. The molecule has 0 bridgehead atoms. The van der Waals surface area contributed by atoms with Crippen molar-refractivity contribution in [2.24, 2.45) is 0 Å². The van der Waals surface area contributed by atoms with E-state index in [0.29, 0.717) is 18.9 Å². The van der Waals surface area contributed by atoms with Crippen molar-refractivity contribution in [3.8, 4) is 5.75 Å². The average Bonchev–Trinajstić information content (AvgIpc) is 3.14. The topological polar surface area (TPSA) is 70.0 Å². The number of aryl methyl sites for hydroxylation is 4. The molecule has 0 radical (unpaired) electrons. The average molecular weight is 460 g/mol. The number of benzene rings is 1. The smallest absolute Gasteiger partial charge is 0.173 e. The van der Waals surface area contributed by atoms with Gasteiger partial charge in [-0.15, -0.1) is 11.3 Å². The molecule has 3 rings (SSSR count). The first-order chi connectivity index (χ1) is 15.2. The van der Waals surface area contributed by atoms with Crippen LogP contribution >= 0.6 is 11.3 Å². The van der Waals surface area contributed by atoms with Crippen molar-refractivity contribution in [1.82, 2.24) is 4.90 Å². The fourth-order valence-corrected chi connectivity index (χ4v) is 5.95. The summed E-state index contributed by atoms with van der Waals surface area (Å²) in [7, 11) is 4.30. The van der Waals surface area contributed by atoms with Gasteiger partial charge in [-0.1, -0.05) is 19.1 Å². The first-order valence-electron chi connectivity index (χ1n) is 11.6. The molecular weight excluding hydrogens is 422 g/mol. The Balaban J connectivity index is 1.70. The lowest BCUT2D eigenvalue weighted by molar-refractivity contribution is 0.0531. The number of nitrogens with zero attached hydrogens (tertiary/aromatic N) is 1. The van der Waals surface area contributed by atoms with Gasteiger partial charge in [-0.25, -0.2) is 0 Å². The second-order valence-electron chi connectivity index (χ2n) is 9.15. The van der Waals surface area contributed by atoms with Gasteiger partial charge in [-0.05, 0) is 87.9 Å². The van der Waals surface area contributed by atoms with Gasteiger partial charge in [0.15, 0.2) is 5.78 Å². The monoisotopic (exact) mass is 459 g/mol. The van der Waals surface area contributed by atoms with E-state index in [4.69, 9.17) is 9.84 Å². The van der Waals surface area contributed by atoms with Crippen LogP contribution in [-0.4, -0.2) is 60.4 Å². The molecule has 1 unspecified atom stereocenters. The van der Waals surface area contributed by atoms with E-state index >= 15 is 0 Å². The number of hydrogen-bond donors (Lipinski definition) is 2. The van der Waals surface area contributed by atoms with Crippen molar-refractivity contribution in [3.63, 3.8) is 0 Å². The third-order valence-corrected chi connectivity index (χ3v) is 7.92. The maximum Gasteiger partial charge on any atom is 0.173 e. The second kappa shape index (κ2) is 10.9. The third-order valence-electron chi connectivity index (χ3n) is 6.46. The predicted octanol–water partition coefficient (Wildman–Crippen LogP) is 3.89. The van der Waals surface area contributed by atoms with Crippen molar-refractivity contribution in [2.45, 2.75) is 71.4 Å². The summed E-state index contributed by atoms with van der Waals surface area (Å²) in [4.78, 5) is 17.9. The van der Waals surface area contributed by atoms with Crippen LogP contribution in [0.15, 0.2) is 12.1 Å². The Labute approximate surface area is 196 Å². The van der Waals surface area contributed by atoms with E-state index in [1.165, 1.54) is 16.0 Å². The van der Waals surface area contributed by atoms with Crippen molar-refractivity contribution in [1.29, 1.82) is 0 Å². The molecule has 2 atom stereocenters. The minimum absolute atomic E-state index is 0.0634. The summed E-state index contributed by atoms with van der Waals surface area (Å²) in [5, 5.41) is 18.5. The Kier molecular flexibility index (Phi) is 8.50. The number of fused-ring (bicyclic) bond motifs is 1. The van der Waals surface area contributed by atoms with Crippen LogP contribution in [0, 0.1) is 13.8 Å². The summed E-state index contributed by atoms with van der Waals surface area (Å²) in [5.74, 6) is 0.999. The van der Waals surface area contributed by atoms with E-state index in [0.717, 1.165) is 53.0 Å². The summed E-state index contributed by atoms with van der Waals surface area (Å²) in [6, 6.07) is 4.68. The SMILES string of the molecule is CCc1sc(C(=O)CCc2cc(C)c(OCC(O)CO)c(C)c2)c2c1C[C@@H](N(C)C)CC2. The molecule has 2 aromatic rings. The molecule has 1 aromatic carbocycles. The van der Waals surface area contributed by atoms with Crippen molar-refractivity contribution >= 4 is 17.1 Å². The molecule has 0 aliphatic heterocycles. The van der Waals surface area contributed by atoms with Crippen LogP contribution in [0.4, 0.5) is 0 Å². The molecule has 0 spiro atoms. The molecule has 0 saturated heterocycles. The highest BCUT2D eigenvalue weighted by atomic mass is 32.1. The fraction of sp³-hybridized carbons (Fsp3) is 0.577. The summed E-state index contributed by atoms with van der Waals surface area (Å²) >= 11 is 1.72. The number of thiophene rings is 1. The summed E-state index contributed by atoms with van der Waals surface area (Å²) in [6.07, 6.45) is 4.49. The van der Waals surface area contributed by atoms with Crippen LogP contribution in [0.5, 0.6) is 5.75 Å². The first-order valence-corrected chi connectivity index (χ1v) is 12.4. The highest BCUT2D eigenvalue weighted by Crippen LogP contribution is 2.37. The molecule has 6 heteroatoms. The van der Waals surface area contributed by atoms with E-state index < -0.39 is 6.10 Å². The van der Waals surface area contributed by atoms with Crippen LogP contribution in [0.2, 0.25) is 0 Å². The lowest BCUT2D eigenvalue weighted by Gasteiger charge is -2.29. The summed E-state index contributed by atoms with van der Waals surface area (Å²) in [6.45, 7) is 5.88. The molecule has 1 aliphatic rings. The normalized spacial score (nSPS) is 16.8. The van der Waals surface area contributed by atoms with Crippen LogP contribution in [0.3, 0.4) is 0 Å². The zero-order chi connectivity index (χ0) is 23.4. The Morgan fingerprint density at radius 1 is 1.25 bits per heavy atom. The standard InChI is InChI=1S/C26H37NO4S/c1-6-24-22-13-19(27(4)5)8-9-21(22)26(32-24)23(30)10-7-18-11-16(2)25(17(3)12-18)31-15-20(29)14-28/h11-12,19-20,28-29H,6-10,13-15H2,1-5H3/t19-,20?/m0/s1. The molecule has 1 aliphatic carbocycles. The largest absolute Gasteiger partial charge is 0.490 e. The summed E-state index contributed by atoms with van der Waals surface area (Å²) < 4.78 is 5.69. The Hall–Kier alpha value is -1.73. The van der Waals surface area contributed by atoms with Gasteiger partial charge in [-0.2, -0.15) is 0 Å². The van der Waals surface area contributed by atoms with E-state index in [9.17, 15) is 9.90 Å². The van der Waals surface area contributed by atoms with Gasteiger partial charge < -0.3 is 19.8 Å². The minimum atomic E-state index is -0.885. The van der Waals surface area contributed by atoms with Crippen LogP contribution in [0.1, 0.15) is 62.1 Å². The molecule has 5 nitrogen and oxygen atoms in total. The molecule has 176 valence electrons. The number of aliphatic hydroxyl groups is 2. The molecule has 2 N–H and O–H groups in total.